The number of carboxylic acid groups (broad SMARTS) is 1. The molecule has 12 nitrogen and oxygen atoms in total. The van der Waals surface area contributed by atoms with Gasteiger partial charge in [-0.3, -0.25) is 5.32 Å². The highest BCUT2D eigenvalue weighted by Crippen LogP contribution is 2.26. The molecule has 3 N–H and O–H groups in total. The molecule has 1 amide bonds. The van der Waals surface area contributed by atoms with E-state index in [2.05, 4.69) is 35.6 Å². The number of carboxylic acids is 1. The predicted octanol–water partition coefficient (Wildman–Crippen LogP) is 5.64. The first-order valence-electron chi connectivity index (χ1n) is 14.5. The normalized spacial score (nSPS) is 13.9. The summed E-state index contributed by atoms with van der Waals surface area (Å²) in [4.78, 5) is 39.2. The first-order chi connectivity index (χ1) is 21.2. The van der Waals surface area contributed by atoms with Crippen molar-refractivity contribution in [2.75, 3.05) is 35.2 Å². The van der Waals surface area contributed by atoms with Crippen LogP contribution in [0.4, 0.5) is 26.6 Å². The lowest BCUT2D eigenvalue weighted by Gasteiger charge is -2.27. The average Bonchev–Trinajstić information content (AvgIpc) is 3.51. The predicted molar refractivity (Wildman–Crippen MR) is 162 cm³/mol. The third-order valence-corrected chi connectivity index (χ3v) is 6.97. The van der Waals surface area contributed by atoms with Gasteiger partial charge in [-0.25, -0.2) is 19.0 Å². The highest BCUT2D eigenvalue weighted by Gasteiger charge is 2.22. The van der Waals surface area contributed by atoms with Crippen LogP contribution in [0.3, 0.4) is 0 Å². The Bertz CT molecular complexity index is 1590. The molecule has 230 valence electrons. The molecule has 1 unspecified atom stereocenters. The second kappa shape index (κ2) is 13.9. The highest BCUT2D eigenvalue weighted by molar-refractivity contribution is 5.85. The maximum Gasteiger partial charge on any atom is 0.411 e. The summed E-state index contributed by atoms with van der Waals surface area (Å²) in [5.74, 6) is -0.328. The SMILES string of the molecule is CC(C)COC(=O)Nc1ccc(-c2nc(-c3ccc(CC(Nc4ccnc(N5CCCCC5)n4)C(=O)O)cc3F)no2)cc1. The van der Waals surface area contributed by atoms with Crippen molar-refractivity contribution < 1.29 is 28.3 Å². The third kappa shape index (κ3) is 7.85. The molecule has 1 saturated heterocycles. The summed E-state index contributed by atoms with van der Waals surface area (Å²) < 4.78 is 25.7. The van der Waals surface area contributed by atoms with E-state index in [1.165, 1.54) is 18.6 Å². The Morgan fingerprint density at radius 1 is 1.07 bits per heavy atom. The molecule has 1 aliphatic heterocycles. The lowest BCUT2D eigenvalue weighted by Crippen LogP contribution is -2.33. The van der Waals surface area contributed by atoms with Crippen molar-refractivity contribution in [3.8, 4) is 22.8 Å². The van der Waals surface area contributed by atoms with Crippen molar-refractivity contribution in [3.05, 3.63) is 66.1 Å². The fraction of sp³-hybridized carbons (Fsp3) is 0.355. The van der Waals surface area contributed by atoms with Crippen molar-refractivity contribution in [2.45, 2.75) is 45.6 Å². The monoisotopic (exact) mass is 603 g/mol. The molecule has 1 aliphatic rings. The van der Waals surface area contributed by atoms with E-state index >= 15 is 4.39 Å². The number of piperidine rings is 1. The Hall–Kier alpha value is -5.07. The van der Waals surface area contributed by atoms with Gasteiger partial charge < -0.3 is 24.6 Å². The molecule has 0 bridgehead atoms. The first kappa shape index (κ1) is 30.4. The summed E-state index contributed by atoms with van der Waals surface area (Å²) in [5.41, 5.74) is 1.68. The summed E-state index contributed by atoms with van der Waals surface area (Å²) in [6.45, 7) is 5.92. The fourth-order valence-electron chi connectivity index (χ4n) is 4.70. The van der Waals surface area contributed by atoms with Crippen LogP contribution in [-0.2, 0) is 16.0 Å². The molecule has 0 aliphatic carbocycles. The lowest BCUT2D eigenvalue weighted by atomic mass is 10.0. The van der Waals surface area contributed by atoms with Gasteiger partial charge >= 0.3 is 12.1 Å². The molecule has 0 spiro atoms. The zero-order chi connectivity index (χ0) is 31.1. The third-order valence-electron chi connectivity index (χ3n) is 6.97. The summed E-state index contributed by atoms with van der Waals surface area (Å²) in [5, 5.41) is 19.4. The molecular formula is C31H34FN7O5. The van der Waals surface area contributed by atoms with E-state index in [1.54, 1.807) is 42.6 Å². The molecule has 5 rings (SSSR count). The summed E-state index contributed by atoms with van der Waals surface area (Å²) in [6.07, 6.45) is 4.36. The van der Waals surface area contributed by atoms with Crippen LogP contribution in [0.1, 0.15) is 38.7 Å². The molecule has 0 radical (unpaired) electrons. The minimum Gasteiger partial charge on any atom is -0.480 e. The molecular weight excluding hydrogens is 569 g/mol. The minimum atomic E-state index is -1.09. The van der Waals surface area contributed by atoms with Gasteiger partial charge in [0, 0.05) is 37.0 Å². The van der Waals surface area contributed by atoms with E-state index in [9.17, 15) is 14.7 Å². The number of aromatic nitrogens is 4. The Morgan fingerprint density at radius 3 is 2.55 bits per heavy atom. The van der Waals surface area contributed by atoms with Gasteiger partial charge in [-0.2, -0.15) is 9.97 Å². The number of carbonyl (C=O) groups excluding carboxylic acids is 1. The Balaban J connectivity index is 1.23. The van der Waals surface area contributed by atoms with Crippen molar-refractivity contribution in [1.29, 1.82) is 0 Å². The number of nitrogens with one attached hydrogen (secondary N) is 2. The largest absolute Gasteiger partial charge is 0.480 e. The summed E-state index contributed by atoms with van der Waals surface area (Å²) >= 11 is 0. The summed E-state index contributed by atoms with van der Waals surface area (Å²) in [7, 11) is 0. The maximum absolute atomic E-state index is 15.2. The zero-order valence-corrected chi connectivity index (χ0v) is 24.5. The van der Waals surface area contributed by atoms with Gasteiger partial charge in [-0.1, -0.05) is 25.1 Å². The Labute approximate surface area is 253 Å². The number of carbonyl (C=O) groups is 2. The second-order valence-electron chi connectivity index (χ2n) is 11.0. The Kier molecular flexibility index (Phi) is 9.62. The first-order valence-corrected chi connectivity index (χ1v) is 14.5. The molecule has 1 atom stereocenters. The number of anilines is 3. The molecule has 0 saturated carbocycles. The van der Waals surface area contributed by atoms with E-state index in [4.69, 9.17) is 9.26 Å². The quantitative estimate of drug-likeness (QED) is 0.195. The number of ether oxygens (including phenoxy) is 1. The number of benzene rings is 2. The van der Waals surface area contributed by atoms with Crippen LogP contribution < -0.4 is 15.5 Å². The zero-order valence-electron chi connectivity index (χ0n) is 24.5. The van der Waals surface area contributed by atoms with Crippen LogP contribution in [0.15, 0.2) is 59.3 Å². The van der Waals surface area contributed by atoms with Crippen LogP contribution in [0, 0.1) is 11.7 Å². The molecule has 13 heteroatoms. The number of hydrogen-bond acceptors (Lipinski definition) is 10. The average molecular weight is 604 g/mol. The lowest BCUT2D eigenvalue weighted by molar-refractivity contribution is -0.137. The van der Waals surface area contributed by atoms with Crippen LogP contribution in [0.25, 0.3) is 22.8 Å². The van der Waals surface area contributed by atoms with Gasteiger partial charge in [-0.05, 0) is 73.2 Å². The van der Waals surface area contributed by atoms with Crippen LogP contribution in [0.5, 0.6) is 0 Å². The summed E-state index contributed by atoms with van der Waals surface area (Å²) in [6, 6.07) is 11.6. The fourth-order valence-corrected chi connectivity index (χ4v) is 4.70. The van der Waals surface area contributed by atoms with Crippen LogP contribution in [0.2, 0.25) is 0 Å². The molecule has 44 heavy (non-hydrogen) atoms. The molecule has 4 aromatic rings. The number of amides is 1. The molecule has 2 aromatic carbocycles. The van der Waals surface area contributed by atoms with Crippen LogP contribution >= 0.6 is 0 Å². The van der Waals surface area contributed by atoms with E-state index < -0.39 is 23.9 Å². The number of hydrogen-bond donors (Lipinski definition) is 3. The van der Waals surface area contributed by atoms with E-state index in [0.29, 0.717) is 35.2 Å². The van der Waals surface area contributed by atoms with E-state index in [-0.39, 0.29) is 29.6 Å². The standard InChI is InChI=1S/C31H34FN7O5/c1-19(2)18-43-31(42)34-22-9-7-21(8-10-22)28-37-27(38-44-28)23-11-6-20(16-24(23)32)17-25(29(40)41)35-26-12-13-33-30(36-26)39-14-4-3-5-15-39/h6-13,16,19,25H,3-5,14-15,17-18H2,1-2H3,(H,34,42)(H,40,41)(H,33,35,36). The minimum absolute atomic E-state index is 0.0124. The molecule has 3 heterocycles. The van der Waals surface area contributed by atoms with Gasteiger partial charge in [0.15, 0.2) is 0 Å². The van der Waals surface area contributed by atoms with E-state index in [1.807, 2.05) is 13.8 Å². The number of rotatable bonds is 11. The van der Waals surface area contributed by atoms with E-state index in [0.717, 1.165) is 25.9 Å². The number of halogens is 1. The maximum atomic E-state index is 15.2. The van der Waals surface area contributed by atoms with Crippen molar-refractivity contribution in [1.82, 2.24) is 20.1 Å². The van der Waals surface area contributed by atoms with Gasteiger partial charge in [0.25, 0.3) is 5.89 Å². The van der Waals surface area contributed by atoms with Gasteiger partial charge in [-0.15, -0.1) is 0 Å². The number of nitrogens with zero attached hydrogens (tertiary/aromatic N) is 5. The van der Waals surface area contributed by atoms with Crippen molar-refractivity contribution in [2.24, 2.45) is 5.92 Å². The molecule has 1 fully saturated rings. The second-order valence-corrected chi connectivity index (χ2v) is 11.0. The van der Waals surface area contributed by atoms with Gasteiger partial charge in [0.1, 0.15) is 17.7 Å². The van der Waals surface area contributed by atoms with Crippen LogP contribution in [-0.4, -0.2) is 63.0 Å². The highest BCUT2D eigenvalue weighted by atomic mass is 19.1. The van der Waals surface area contributed by atoms with Gasteiger partial charge in [0.2, 0.25) is 11.8 Å². The molecule has 2 aromatic heterocycles. The topological polar surface area (TPSA) is 156 Å². The Morgan fingerprint density at radius 2 is 1.84 bits per heavy atom. The number of aliphatic carboxylic acids is 1. The smallest absolute Gasteiger partial charge is 0.411 e. The van der Waals surface area contributed by atoms with Crippen molar-refractivity contribution in [3.63, 3.8) is 0 Å². The van der Waals surface area contributed by atoms with Crippen molar-refractivity contribution >= 4 is 29.5 Å². The van der Waals surface area contributed by atoms with Gasteiger partial charge in [0.05, 0.1) is 12.2 Å².